The van der Waals surface area contributed by atoms with E-state index in [9.17, 15) is 14.7 Å². The second kappa shape index (κ2) is 17.3. The molecule has 232 valence electrons. The number of hydrogen-bond acceptors (Lipinski definition) is 6. The molecule has 2 fully saturated rings. The third kappa shape index (κ3) is 9.50. The minimum absolute atomic E-state index is 0. The largest absolute Gasteiger partial charge is 0.480 e. The number of carbonyl (C=O) groups is 2. The third-order valence-electron chi connectivity index (χ3n) is 8.50. The molecule has 1 amide bonds. The first kappa shape index (κ1) is 34.5. The molecular weight excluding hydrogens is 565 g/mol. The first-order chi connectivity index (χ1) is 19.9. The average molecular weight is 615 g/mol. The van der Waals surface area contributed by atoms with Crippen LogP contribution in [0.5, 0.6) is 0 Å². The van der Waals surface area contributed by atoms with E-state index in [-0.39, 0.29) is 13.3 Å². The molecule has 1 saturated carbocycles. The van der Waals surface area contributed by atoms with Gasteiger partial charge in [-0.25, -0.2) is 4.79 Å². The number of thioether (sulfide) groups is 2. The van der Waals surface area contributed by atoms with Crippen molar-refractivity contribution in [3.8, 4) is 11.1 Å². The van der Waals surface area contributed by atoms with Crippen LogP contribution in [-0.2, 0) is 16.1 Å². The highest BCUT2D eigenvalue weighted by Crippen LogP contribution is 2.35. The Morgan fingerprint density at radius 2 is 1.88 bits per heavy atom. The van der Waals surface area contributed by atoms with E-state index in [2.05, 4.69) is 28.0 Å². The van der Waals surface area contributed by atoms with Gasteiger partial charge in [0.15, 0.2) is 0 Å². The lowest BCUT2D eigenvalue weighted by Gasteiger charge is -2.25. The number of rotatable bonds is 14. The summed E-state index contributed by atoms with van der Waals surface area (Å²) in [6.07, 6.45) is 10.4. The molecule has 6 nitrogen and oxygen atoms in total. The topological polar surface area (TPSA) is 78.9 Å². The van der Waals surface area contributed by atoms with Gasteiger partial charge in [0, 0.05) is 37.1 Å². The number of nitrogens with zero attached hydrogens (tertiary/aromatic N) is 1. The van der Waals surface area contributed by atoms with Crippen LogP contribution in [0.4, 0.5) is 0 Å². The number of likely N-dealkylation sites (tertiary alicyclic amines) is 1. The maximum absolute atomic E-state index is 13.5. The number of nitrogens with one attached hydrogen (secondary N) is 1. The standard InChI is InChI=1S/C33H46N2O4S2.CH4/c1-23-9-7-8-12-28(23)30-17-25(13-14-29(30)32(36)34-31(33(37)38)15-16-40-3)19-35-20-27(18-26(35)21-39-2)41-22-24-10-5-4-6-11-24;/h7-9,12-14,17,24,26-27,31H,4-6,10-11,15-16,18-22H2,1-3H3,(H,34,36)(H,37,38);1H4/t26-,27+,31+;/m1./s1. The fraction of sp³-hybridized carbons (Fsp3) is 0.588. The SMILES string of the molecule is C.COC[C@H]1C[C@H](SCC2CCCCC2)CN1Cc1ccc(C(=O)N[C@@H](CCSC)C(=O)O)c(-c2ccccc2C)c1. The Bertz CT molecular complexity index is 1150. The van der Waals surface area contributed by atoms with Gasteiger partial charge >= 0.3 is 5.97 Å². The minimum atomic E-state index is -1.00. The number of amides is 1. The van der Waals surface area contributed by atoms with E-state index in [1.165, 1.54) is 37.9 Å². The summed E-state index contributed by atoms with van der Waals surface area (Å²) in [5.74, 6) is 1.46. The number of methoxy groups -OCH3 is 1. The van der Waals surface area contributed by atoms with Gasteiger partial charge < -0.3 is 15.2 Å². The van der Waals surface area contributed by atoms with Crippen LogP contribution in [0.15, 0.2) is 42.5 Å². The van der Waals surface area contributed by atoms with Crippen LogP contribution in [0.3, 0.4) is 0 Å². The van der Waals surface area contributed by atoms with E-state index in [0.717, 1.165) is 54.3 Å². The van der Waals surface area contributed by atoms with Crippen LogP contribution in [0, 0.1) is 12.8 Å². The summed E-state index contributed by atoms with van der Waals surface area (Å²) in [7, 11) is 1.79. The van der Waals surface area contributed by atoms with Gasteiger partial charge in [0.05, 0.1) is 6.61 Å². The molecule has 8 heteroatoms. The Labute approximate surface area is 261 Å². The highest BCUT2D eigenvalue weighted by Gasteiger charge is 2.33. The molecule has 2 aromatic rings. The molecule has 1 saturated heterocycles. The summed E-state index contributed by atoms with van der Waals surface area (Å²) in [4.78, 5) is 27.8. The van der Waals surface area contributed by atoms with Crippen molar-refractivity contribution in [2.24, 2.45) is 5.92 Å². The van der Waals surface area contributed by atoms with Crippen LogP contribution < -0.4 is 5.32 Å². The van der Waals surface area contributed by atoms with Crippen LogP contribution in [0.2, 0.25) is 0 Å². The summed E-state index contributed by atoms with van der Waals surface area (Å²) in [5, 5.41) is 13.1. The Morgan fingerprint density at radius 3 is 2.57 bits per heavy atom. The number of carbonyl (C=O) groups excluding carboxylic acids is 1. The molecule has 1 aliphatic carbocycles. The first-order valence-corrected chi connectivity index (χ1v) is 17.4. The van der Waals surface area contributed by atoms with E-state index in [1.807, 2.05) is 49.6 Å². The molecule has 3 atom stereocenters. The predicted octanol–water partition coefficient (Wildman–Crippen LogP) is 7.14. The monoisotopic (exact) mass is 614 g/mol. The van der Waals surface area contributed by atoms with Crippen molar-refractivity contribution >= 4 is 35.4 Å². The van der Waals surface area contributed by atoms with E-state index in [0.29, 0.717) is 29.0 Å². The zero-order chi connectivity index (χ0) is 29.2. The van der Waals surface area contributed by atoms with Gasteiger partial charge in [-0.2, -0.15) is 23.5 Å². The maximum atomic E-state index is 13.5. The molecule has 1 heterocycles. The van der Waals surface area contributed by atoms with Crippen molar-refractivity contribution < 1.29 is 19.4 Å². The number of ether oxygens (including phenoxy) is 1. The quantitative estimate of drug-likeness (QED) is 0.234. The molecule has 2 aliphatic rings. The molecule has 2 aromatic carbocycles. The molecule has 1 aliphatic heterocycles. The summed E-state index contributed by atoms with van der Waals surface area (Å²) in [5.41, 5.74) is 4.57. The van der Waals surface area contributed by atoms with Gasteiger partial charge in [0.25, 0.3) is 5.91 Å². The van der Waals surface area contributed by atoms with Crippen LogP contribution in [0.25, 0.3) is 11.1 Å². The van der Waals surface area contributed by atoms with Gasteiger partial charge in [-0.05, 0) is 90.7 Å². The normalized spacial score (nSPS) is 20.2. The molecule has 0 unspecified atom stereocenters. The summed E-state index contributed by atoms with van der Waals surface area (Å²) < 4.78 is 5.63. The Hall–Kier alpha value is -2.00. The number of benzene rings is 2. The Kier molecular flexibility index (Phi) is 14.2. The summed E-state index contributed by atoms with van der Waals surface area (Å²) >= 11 is 3.73. The number of carboxylic acids is 1. The zero-order valence-corrected chi connectivity index (χ0v) is 26.4. The third-order valence-corrected chi connectivity index (χ3v) is 10.6. The predicted molar refractivity (Wildman–Crippen MR) is 179 cm³/mol. The molecule has 42 heavy (non-hydrogen) atoms. The fourth-order valence-corrected chi connectivity index (χ4v) is 8.20. The van der Waals surface area contributed by atoms with Crippen molar-refractivity contribution in [1.82, 2.24) is 10.2 Å². The lowest BCUT2D eigenvalue weighted by atomic mass is 9.91. The van der Waals surface area contributed by atoms with Crippen molar-refractivity contribution in [3.05, 3.63) is 59.2 Å². The van der Waals surface area contributed by atoms with Crippen molar-refractivity contribution in [2.45, 2.75) is 83.2 Å². The lowest BCUT2D eigenvalue weighted by molar-refractivity contribution is -0.139. The number of aryl methyl sites for hydroxylation is 1. The summed E-state index contributed by atoms with van der Waals surface area (Å²) in [6, 6.07) is 13.6. The molecule has 0 aromatic heterocycles. The summed E-state index contributed by atoms with van der Waals surface area (Å²) in [6.45, 7) is 4.60. The van der Waals surface area contributed by atoms with E-state index < -0.39 is 12.0 Å². The minimum Gasteiger partial charge on any atom is -0.480 e. The van der Waals surface area contributed by atoms with E-state index >= 15 is 0 Å². The zero-order valence-electron chi connectivity index (χ0n) is 24.8. The molecular formula is C34H50N2O4S2. The van der Waals surface area contributed by atoms with Crippen LogP contribution >= 0.6 is 23.5 Å². The lowest BCUT2D eigenvalue weighted by Crippen LogP contribution is -2.41. The molecule has 0 radical (unpaired) electrons. The number of aliphatic carboxylic acids is 1. The molecule has 0 spiro atoms. The second-order valence-corrected chi connectivity index (χ2v) is 13.9. The smallest absolute Gasteiger partial charge is 0.326 e. The molecule has 2 N–H and O–H groups in total. The second-order valence-electron chi connectivity index (χ2n) is 11.6. The molecule has 4 rings (SSSR count). The van der Waals surface area contributed by atoms with Crippen LogP contribution in [-0.4, -0.2) is 77.2 Å². The number of carboxylic acid groups (broad SMARTS) is 1. The highest BCUT2D eigenvalue weighted by atomic mass is 32.2. The van der Waals surface area contributed by atoms with Gasteiger partial charge in [0.1, 0.15) is 6.04 Å². The Balaban J connectivity index is 0.00000484. The van der Waals surface area contributed by atoms with Crippen LogP contribution in [0.1, 0.15) is 73.9 Å². The van der Waals surface area contributed by atoms with Gasteiger partial charge in [-0.3, -0.25) is 9.69 Å². The van der Waals surface area contributed by atoms with Gasteiger partial charge in [-0.1, -0.05) is 57.0 Å². The van der Waals surface area contributed by atoms with Crippen molar-refractivity contribution in [1.29, 1.82) is 0 Å². The van der Waals surface area contributed by atoms with E-state index in [4.69, 9.17) is 4.74 Å². The first-order valence-electron chi connectivity index (χ1n) is 15.0. The molecule has 0 bridgehead atoms. The average Bonchev–Trinajstić information content (AvgIpc) is 3.35. The maximum Gasteiger partial charge on any atom is 0.326 e. The van der Waals surface area contributed by atoms with Gasteiger partial charge in [-0.15, -0.1) is 0 Å². The highest BCUT2D eigenvalue weighted by molar-refractivity contribution is 8.00. The van der Waals surface area contributed by atoms with E-state index in [1.54, 1.807) is 18.9 Å². The number of hydrogen-bond donors (Lipinski definition) is 2. The fourth-order valence-electron chi connectivity index (χ4n) is 6.19. The van der Waals surface area contributed by atoms with Crippen molar-refractivity contribution in [2.75, 3.05) is 38.0 Å². The van der Waals surface area contributed by atoms with Gasteiger partial charge in [0.2, 0.25) is 0 Å². The Morgan fingerprint density at radius 1 is 1.12 bits per heavy atom. The van der Waals surface area contributed by atoms with Crippen molar-refractivity contribution in [3.63, 3.8) is 0 Å².